The van der Waals surface area contributed by atoms with Gasteiger partial charge in [0.2, 0.25) is 0 Å². The zero-order valence-electron chi connectivity index (χ0n) is 16.1. The van der Waals surface area contributed by atoms with Crippen LogP contribution in [0.1, 0.15) is 30.2 Å². The van der Waals surface area contributed by atoms with Gasteiger partial charge in [-0.1, -0.05) is 36.4 Å². The number of hydrogen-bond donors (Lipinski definition) is 0. The zero-order valence-corrected chi connectivity index (χ0v) is 16.1. The molecule has 0 N–H and O–H groups in total. The molecular weight excluding hydrogens is 348 g/mol. The van der Waals surface area contributed by atoms with Crippen LogP contribution in [0.3, 0.4) is 0 Å². The van der Waals surface area contributed by atoms with Gasteiger partial charge in [0.25, 0.3) is 0 Å². The summed E-state index contributed by atoms with van der Waals surface area (Å²) in [5.74, 6) is 1.79. The van der Waals surface area contributed by atoms with Crippen LogP contribution in [0, 0.1) is 0 Å². The van der Waals surface area contributed by atoms with E-state index in [0.717, 1.165) is 49.7 Å². The molecule has 0 bridgehead atoms. The number of anilines is 1. The summed E-state index contributed by atoms with van der Waals surface area (Å²) in [4.78, 5) is 16.7. The van der Waals surface area contributed by atoms with Gasteiger partial charge >= 0.3 is 0 Å². The van der Waals surface area contributed by atoms with E-state index in [0.29, 0.717) is 6.61 Å². The Morgan fingerprint density at radius 1 is 1.00 bits per heavy atom. The number of ether oxygens (including phenoxy) is 1. The van der Waals surface area contributed by atoms with Crippen LogP contribution in [0.2, 0.25) is 0 Å². The molecule has 2 aromatic heterocycles. The molecule has 1 atom stereocenters. The average Bonchev–Trinajstić information content (AvgIpc) is 3.23. The molecule has 5 nitrogen and oxygen atoms in total. The summed E-state index contributed by atoms with van der Waals surface area (Å²) < 4.78 is 6.24. The average molecular weight is 372 g/mol. The zero-order chi connectivity index (χ0) is 19.0. The summed E-state index contributed by atoms with van der Waals surface area (Å²) in [6.07, 6.45) is 5.01. The van der Waals surface area contributed by atoms with Crippen molar-refractivity contribution in [1.29, 1.82) is 0 Å². The topological polar surface area (TPSA) is 51.1 Å². The van der Waals surface area contributed by atoms with Gasteiger partial charge in [-0.05, 0) is 43.9 Å². The van der Waals surface area contributed by atoms with Crippen molar-refractivity contribution in [3.05, 3.63) is 71.5 Å². The molecule has 0 saturated carbocycles. The number of nitrogens with zero attached hydrogens (tertiary/aromatic N) is 4. The van der Waals surface area contributed by atoms with Gasteiger partial charge in [0, 0.05) is 24.0 Å². The van der Waals surface area contributed by atoms with Crippen LogP contribution in [-0.4, -0.2) is 34.6 Å². The Bertz CT molecular complexity index is 977. The predicted molar refractivity (Wildman–Crippen MR) is 109 cm³/mol. The van der Waals surface area contributed by atoms with E-state index in [9.17, 15) is 0 Å². The lowest BCUT2D eigenvalue weighted by Gasteiger charge is -2.42. The van der Waals surface area contributed by atoms with E-state index in [4.69, 9.17) is 14.7 Å². The molecule has 1 aromatic carbocycles. The van der Waals surface area contributed by atoms with Crippen LogP contribution in [0.15, 0.2) is 54.7 Å². The Balaban J connectivity index is 1.54. The highest BCUT2D eigenvalue weighted by Crippen LogP contribution is 2.36. The number of rotatable bonds is 3. The summed E-state index contributed by atoms with van der Waals surface area (Å²) in [6.45, 7) is 4.48. The van der Waals surface area contributed by atoms with Gasteiger partial charge in [0.15, 0.2) is 5.82 Å². The Morgan fingerprint density at radius 2 is 1.86 bits per heavy atom. The lowest BCUT2D eigenvalue weighted by atomic mass is 9.93. The van der Waals surface area contributed by atoms with Crippen LogP contribution in [-0.2, 0) is 23.2 Å². The van der Waals surface area contributed by atoms with Crippen molar-refractivity contribution in [2.24, 2.45) is 0 Å². The first-order chi connectivity index (χ1) is 13.7. The fourth-order valence-electron chi connectivity index (χ4n) is 4.30. The first-order valence-electron chi connectivity index (χ1n) is 9.99. The highest BCUT2D eigenvalue weighted by molar-refractivity contribution is 5.59. The lowest BCUT2D eigenvalue weighted by molar-refractivity contribution is -0.0468. The highest BCUT2D eigenvalue weighted by atomic mass is 16.5. The van der Waals surface area contributed by atoms with Crippen molar-refractivity contribution in [3.63, 3.8) is 0 Å². The van der Waals surface area contributed by atoms with Gasteiger partial charge in [0.1, 0.15) is 17.1 Å². The molecule has 1 saturated heterocycles. The van der Waals surface area contributed by atoms with Crippen molar-refractivity contribution >= 4 is 5.82 Å². The minimum atomic E-state index is -0.346. The van der Waals surface area contributed by atoms with Crippen LogP contribution in [0.5, 0.6) is 0 Å². The van der Waals surface area contributed by atoms with Crippen molar-refractivity contribution in [1.82, 2.24) is 15.0 Å². The molecule has 28 heavy (non-hydrogen) atoms. The molecule has 0 amide bonds. The number of hydrogen-bond acceptors (Lipinski definition) is 5. The smallest absolute Gasteiger partial charge is 0.180 e. The monoisotopic (exact) mass is 372 g/mol. The molecule has 0 spiro atoms. The lowest BCUT2D eigenvalue weighted by Crippen LogP contribution is -2.49. The number of morpholine rings is 1. The van der Waals surface area contributed by atoms with Crippen LogP contribution >= 0.6 is 0 Å². The summed E-state index contributed by atoms with van der Waals surface area (Å²) >= 11 is 0. The Labute approximate surface area is 165 Å². The second-order valence-corrected chi connectivity index (χ2v) is 7.73. The van der Waals surface area contributed by atoms with Crippen LogP contribution < -0.4 is 4.90 Å². The predicted octanol–water partition coefficient (Wildman–Crippen LogP) is 3.78. The standard InChI is InChI=1S/C23H24N4O/c1-23(17-8-3-2-4-9-17)16-27(14-15-28-23)22-18-10-7-12-19(18)25-21(26-22)20-11-5-6-13-24-20/h2-6,8-9,11,13H,7,10,12,14-16H2,1H3. The second-order valence-electron chi connectivity index (χ2n) is 7.73. The molecule has 1 aliphatic heterocycles. The fraction of sp³-hybridized carbons (Fsp3) is 0.348. The van der Waals surface area contributed by atoms with Gasteiger partial charge < -0.3 is 9.64 Å². The number of benzene rings is 1. The molecule has 0 radical (unpaired) electrons. The van der Waals surface area contributed by atoms with E-state index in [1.54, 1.807) is 6.20 Å². The van der Waals surface area contributed by atoms with Gasteiger partial charge in [-0.25, -0.2) is 9.97 Å². The Morgan fingerprint density at radius 3 is 2.68 bits per heavy atom. The maximum absolute atomic E-state index is 6.24. The van der Waals surface area contributed by atoms with Gasteiger partial charge in [-0.2, -0.15) is 0 Å². The maximum atomic E-state index is 6.24. The maximum Gasteiger partial charge on any atom is 0.180 e. The summed E-state index contributed by atoms with van der Waals surface area (Å²) in [7, 11) is 0. The SMILES string of the molecule is CC1(c2ccccc2)CN(c2nc(-c3ccccn3)nc3c2CCC3)CCO1. The molecular formula is C23H24N4O. The largest absolute Gasteiger partial charge is 0.367 e. The number of aromatic nitrogens is 3. The Kier molecular flexibility index (Phi) is 4.32. The molecule has 1 unspecified atom stereocenters. The summed E-state index contributed by atoms with van der Waals surface area (Å²) in [6, 6.07) is 16.4. The normalized spacial score (nSPS) is 21.5. The van der Waals surface area contributed by atoms with E-state index in [1.165, 1.54) is 16.8 Å². The molecule has 2 aliphatic rings. The van der Waals surface area contributed by atoms with Gasteiger partial charge in [0.05, 0.1) is 13.2 Å². The van der Waals surface area contributed by atoms with Crippen molar-refractivity contribution in [2.45, 2.75) is 31.8 Å². The van der Waals surface area contributed by atoms with Gasteiger partial charge in [-0.15, -0.1) is 0 Å². The number of pyridine rings is 1. The minimum absolute atomic E-state index is 0.346. The summed E-state index contributed by atoms with van der Waals surface area (Å²) in [5.41, 5.74) is 4.17. The van der Waals surface area contributed by atoms with Crippen molar-refractivity contribution < 1.29 is 4.74 Å². The van der Waals surface area contributed by atoms with E-state index < -0.39 is 0 Å². The molecule has 142 valence electrons. The molecule has 3 heterocycles. The molecule has 5 rings (SSSR count). The second kappa shape index (κ2) is 6.99. The fourth-order valence-corrected chi connectivity index (χ4v) is 4.30. The van der Waals surface area contributed by atoms with E-state index in [-0.39, 0.29) is 5.60 Å². The third-order valence-electron chi connectivity index (χ3n) is 5.76. The number of fused-ring (bicyclic) bond motifs is 1. The van der Waals surface area contributed by atoms with E-state index in [1.807, 2.05) is 24.3 Å². The first kappa shape index (κ1) is 17.3. The third kappa shape index (κ3) is 3.06. The quantitative estimate of drug-likeness (QED) is 0.700. The van der Waals surface area contributed by atoms with Gasteiger partial charge in [-0.3, -0.25) is 4.98 Å². The van der Waals surface area contributed by atoms with Crippen molar-refractivity contribution in [2.75, 3.05) is 24.6 Å². The Hall–Kier alpha value is -2.79. The first-order valence-corrected chi connectivity index (χ1v) is 9.99. The van der Waals surface area contributed by atoms with Crippen LogP contribution in [0.25, 0.3) is 11.5 Å². The molecule has 3 aromatic rings. The molecule has 1 fully saturated rings. The molecule has 5 heteroatoms. The van der Waals surface area contributed by atoms with Crippen molar-refractivity contribution in [3.8, 4) is 11.5 Å². The van der Waals surface area contributed by atoms with E-state index in [2.05, 4.69) is 41.1 Å². The highest BCUT2D eigenvalue weighted by Gasteiger charge is 2.36. The molecule has 1 aliphatic carbocycles. The minimum Gasteiger partial charge on any atom is -0.367 e. The van der Waals surface area contributed by atoms with E-state index >= 15 is 0 Å². The number of aryl methyl sites for hydroxylation is 1. The summed E-state index contributed by atoms with van der Waals surface area (Å²) in [5, 5.41) is 0. The third-order valence-corrected chi connectivity index (χ3v) is 5.76. The van der Waals surface area contributed by atoms with Crippen LogP contribution in [0.4, 0.5) is 5.82 Å².